The molecule has 0 unspecified atom stereocenters. The molecule has 1 aromatic rings. The highest BCUT2D eigenvalue weighted by Gasteiger charge is 2.00. The van der Waals surface area contributed by atoms with Crippen molar-refractivity contribution in [2.45, 2.75) is 6.42 Å². The molecule has 0 aliphatic heterocycles. The van der Waals surface area contributed by atoms with E-state index in [2.05, 4.69) is 10.0 Å². The Morgan fingerprint density at radius 1 is 1.53 bits per heavy atom. The Bertz CT molecular complexity index is 360. The first-order valence-electron chi connectivity index (χ1n) is 4.71. The van der Waals surface area contributed by atoms with Crippen molar-refractivity contribution >= 4 is 5.69 Å². The molecule has 0 saturated heterocycles. The van der Waals surface area contributed by atoms with Gasteiger partial charge >= 0.3 is 0 Å². The van der Waals surface area contributed by atoms with Crippen LogP contribution in [0.3, 0.4) is 0 Å². The monoisotopic (exact) mass is 208 g/mol. The highest BCUT2D eigenvalue weighted by molar-refractivity contribution is 5.45. The quantitative estimate of drug-likeness (QED) is 0.317. The van der Waals surface area contributed by atoms with Crippen LogP contribution >= 0.6 is 0 Å². The van der Waals surface area contributed by atoms with Crippen LogP contribution in [0.25, 0.3) is 10.4 Å². The van der Waals surface area contributed by atoms with E-state index in [9.17, 15) is 4.39 Å². The molecule has 1 aromatic carbocycles. The van der Waals surface area contributed by atoms with E-state index in [4.69, 9.17) is 5.53 Å². The molecule has 0 N–H and O–H groups in total. The van der Waals surface area contributed by atoms with Gasteiger partial charge in [0, 0.05) is 30.7 Å². The summed E-state index contributed by atoms with van der Waals surface area (Å²) in [5.74, 6) is -0.241. The van der Waals surface area contributed by atoms with Crippen molar-refractivity contribution in [3.05, 3.63) is 40.5 Å². The molecule has 5 heteroatoms. The van der Waals surface area contributed by atoms with Gasteiger partial charge in [-0.15, -0.1) is 0 Å². The molecule has 0 atom stereocenters. The predicted molar refractivity (Wildman–Crippen MR) is 58.3 cm³/mol. The van der Waals surface area contributed by atoms with Crippen LogP contribution < -0.4 is 4.90 Å². The van der Waals surface area contributed by atoms with Crippen molar-refractivity contribution in [3.8, 4) is 0 Å². The summed E-state index contributed by atoms with van der Waals surface area (Å²) in [7, 11) is 1.88. The first kappa shape index (κ1) is 11.3. The Labute approximate surface area is 88.0 Å². The van der Waals surface area contributed by atoms with Gasteiger partial charge in [0.15, 0.2) is 0 Å². The molecule has 80 valence electrons. The topological polar surface area (TPSA) is 52.0 Å². The molecule has 0 saturated carbocycles. The van der Waals surface area contributed by atoms with Crippen molar-refractivity contribution in [3.63, 3.8) is 0 Å². The second-order valence-corrected chi connectivity index (χ2v) is 3.21. The van der Waals surface area contributed by atoms with E-state index in [-0.39, 0.29) is 5.82 Å². The molecular formula is C10H13FN4. The van der Waals surface area contributed by atoms with E-state index in [0.29, 0.717) is 6.54 Å². The maximum absolute atomic E-state index is 12.9. The van der Waals surface area contributed by atoms with Crippen LogP contribution in [-0.4, -0.2) is 20.1 Å². The maximum Gasteiger partial charge on any atom is 0.125 e. The fourth-order valence-electron chi connectivity index (χ4n) is 1.27. The lowest BCUT2D eigenvalue weighted by Gasteiger charge is -2.18. The Morgan fingerprint density at radius 3 is 3.00 bits per heavy atom. The average Bonchev–Trinajstić information content (AvgIpc) is 2.24. The molecule has 0 aliphatic rings. The zero-order valence-electron chi connectivity index (χ0n) is 8.60. The molecular weight excluding hydrogens is 195 g/mol. The van der Waals surface area contributed by atoms with Crippen molar-refractivity contribution in [1.29, 1.82) is 0 Å². The summed E-state index contributed by atoms with van der Waals surface area (Å²) in [5.41, 5.74) is 8.91. The second kappa shape index (κ2) is 5.88. The van der Waals surface area contributed by atoms with Crippen molar-refractivity contribution in [1.82, 2.24) is 0 Å². The van der Waals surface area contributed by atoms with E-state index in [1.807, 2.05) is 18.0 Å². The lowest BCUT2D eigenvalue weighted by Crippen LogP contribution is -2.19. The van der Waals surface area contributed by atoms with Crippen LogP contribution in [0.15, 0.2) is 29.4 Å². The van der Waals surface area contributed by atoms with Gasteiger partial charge in [0.25, 0.3) is 0 Å². The predicted octanol–water partition coefficient (Wildman–Crippen LogP) is 2.96. The minimum Gasteiger partial charge on any atom is -0.375 e. The van der Waals surface area contributed by atoms with Crippen molar-refractivity contribution in [2.75, 3.05) is 25.0 Å². The van der Waals surface area contributed by atoms with Gasteiger partial charge in [-0.1, -0.05) is 11.2 Å². The molecule has 0 bridgehead atoms. The van der Waals surface area contributed by atoms with Crippen LogP contribution in [-0.2, 0) is 0 Å². The molecule has 0 aliphatic carbocycles. The lowest BCUT2D eigenvalue weighted by molar-refractivity contribution is 0.627. The van der Waals surface area contributed by atoms with Crippen LogP contribution in [0.5, 0.6) is 0 Å². The van der Waals surface area contributed by atoms with Crippen molar-refractivity contribution in [2.24, 2.45) is 5.11 Å². The minimum absolute atomic E-state index is 0.241. The molecule has 0 radical (unpaired) electrons. The van der Waals surface area contributed by atoms with Crippen molar-refractivity contribution < 1.29 is 4.39 Å². The first-order valence-corrected chi connectivity index (χ1v) is 4.71. The Hall–Kier alpha value is -1.74. The van der Waals surface area contributed by atoms with E-state index in [1.165, 1.54) is 12.1 Å². The zero-order valence-corrected chi connectivity index (χ0v) is 8.60. The number of halogens is 1. The van der Waals surface area contributed by atoms with E-state index in [0.717, 1.165) is 18.7 Å². The van der Waals surface area contributed by atoms with Gasteiger partial charge in [-0.2, -0.15) is 0 Å². The van der Waals surface area contributed by atoms with Crippen LogP contribution in [0.1, 0.15) is 6.42 Å². The summed E-state index contributed by atoms with van der Waals surface area (Å²) >= 11 is 0. The van der Waals surface area contributed by atoms with Gasteiger partial charge in [-0.25, -0.2) is 4.39 Å². The molecule has 0 amide bonds. The number of rotatable bonds is 5. The van der Waals surface area contributed by atoms with E-state index < -0.39 is 0 Å². The summed E-state index contributed by atoms with van der Waals surface area (Å²) in [6, 6.07) is 6.41. The number of hydrogen-bond donors (Lipinski definition) is 0. The number of anilines is 1. The number of hydrogen-bond acceptors (Lipinski definition) is 2. The normalized spacial score (nSPS) is 9.47. The van der Waals surface area contributed by atoms with Crippen LogP contribution in [0.4, 0.5) is 10.1 Å². The maximum atomic E-state index is 12.9. The van der Waals surface area contributed by atoms with E-state index >= 15 is 0 Å². The van der Waals surface area contributed by atoms with Gasteiger partial charge < -0.3 is 4.90 Å². The first-order chi connectivity index (χ1) is 7.24. The summed E-state index contributed by atoms with van der Waals surface area (Å²) in [4.78, 5) is 4.59. The standard InChI is InChI=1S/C10H13FN4/c1-15(7-3-6-13-14-12)10-5-2-4-9(11)8-10/h2,4-5,8H,3,6-7H2,1H3. The smallest absolute Gasteiger partial charge is 0.125 e. The lowest BCUT2D eigenvalue weighted by atomic mass is 10.3. The van der Waals surface area contributed by atoms with E-state index in [1.54, 1.807) is 6.07 Å². The van der Waals surface area contributed by atoms with Gasteiger partial charge in [0.2, 0.25) is 0 Å². The van der Waals surface area contributed by atoms with Crippen LogP contribution in [0.2, 0.25) is 0 Å². The number of azide groups is 1. The summed E-state index contributed by atoms with van der Waals surface area (Å²) in [6.45, 7) is 1.21. The molecule has 0 spiro atoms. The van der Waals surface area contributed by atoms with Gasteiger partial charge in [-0.3, -0.25) is 0 Å². The molecule has 0 fully saturated rings. The molecule has 0 aromatic heterocycles. The Morgan fingerprint density at radius 2 is 2.33 bits per heavy atom. The van der Waals surface area contributed by atoms with Gasteiger partial charge in [-0.05, 0) is 30.2 Å². The summed E-state index contributed by atoms with van der Waals surface area (Å²) in [5, 5.41) is 3.43. The third-order valence-corrected chi connectivity index (χ3v) is 2.06. The highest BCUT2D eigenvalue weighted by atomic mass is 19.1. The molecule has 0 heterocycles. The fourth-order valence-corrected chi connectivity index (χ4v) is 1.27. The molecule has 4 nitrogen and oxygen atoms in total. The summed E-state index contributed by atoms with van der Waals surface area (Å²) in [6.07, 6.45) is 0.761. The fraction of sp³-hybridized carbons (Fsp3) is 0.400. The third-order valence-electron chi connectivity index (χ3n) is 2.06. The second-order valence-electron chi connectivity index (χ2n) is 3.21. The SMILES string of the molecule is CN(CCCN=[N+]=[N-])c1cccc(F)c1. The van der Waals surface area contributed by atoms with Gasteiger partial charge in [0.05, 0.1) is 0 Å². The number of nitrogens with zero attached hydrogens (tertiary/aromatic N) is 4. The Kier molecular flexibility index (Phi) is 4.44. The molecule has 15 heavy (non-hydrogen) atoms. The highest BCUT2D eigenvalue weighted by Crippen LogP contribution is 2.13. The largest absolute Gasteiger partial charge is 0.375 e. The molecule has 1 rings (SSSR count). The van der Waals surface area contributed by atoms with Gasteiger partial charge in [0.1, 0.15) is 5.82 Å². The minimum atomic E-state index is -0.241. The number of benzene rings is 1. The Balaban J connectivity index is 2.46. The van der Waals surface area contributed by atoms with Crippen LogP contribution in [0, 0.1) is 5.82 Å². The zero-order chi connectivity index (χ0) is 11.1. The average molecular weight is 208 g/mol. The summed E-state index contributed by atoms with van der Waals surface area (Å²) < 4.78 is 12.9. The third kappa shape index (κ3) is 3.87.